The van der Waals surface area contributed by atoms with Gasteiger partial charge in [0.2, 0.25) is 5.91 Å². The third-order valence-electron chi connectivity index (χ3n) is 4.79. The number of hydrogen-bond acceptors (Lipinski definition) is 1. The second-order valence-corrected chi connectivity index (χ2v) is 7.29. The Hall–Kier alpha value is -2.46. The third kappa shape index (κ3) is 3.06. The van der Waals surface area contributed by atoms with Gasteiger partial charge in [-0.25, -0.2) is 4.39 Å². The maximum absolute atomic E-state index is 14.6. The summed E-state index contributed by atoms with van der Waals surface area (Å²) >= 11 is 3.55. The van der Waals surface area contributed by atoms with Gasteiger partial charge in [0.25, 0.3) is 0 Å². The molecule has 26 heavy (non-hydrogen) atoms. The van der Waals surface area contributed by atoms with Crippen LogP contribution in [0.25, 0.3) is 0 Å². The molecule has 0 aliphatic carbocycles. The topological polar surface area (TPSA) is 20.3 Å². The van der Waals surface area contributed by atoms with Crippen molar-refractivity contribution in [1.29, 1.82) is 0 Å². The van der Waals surface area contributed by atoms with Crippen molar-refractivity contribution in [2.24, 2.45) is 0 Å². The SMILES string of the molecule is O=C1C(Cc2ccccc2Br)c2cccc(F)c2N1Cc1ccccc1. The monoisotopic (exact) mass is 409 g/mol. The molecule has 0 fully saturated rings. The molecule has 1 atom stereocenters. The fraction of sp³-hybridized carbons (Fsp3) is 0.136. The lowest BCUT2D eigenvalue weighted by molar-refractivity contribution is -0.119. The molecule has 1 aliphatic heterocycles. The predicted molar refractivity (Wildman–Crippen MR) is 105 cm³/mol. The van der Waals surface area contributed by atoms with Gasteiger partial charge < -0.3 is 4.90 Å². The van der Waals surface area contributed by atoms with E-state index in [4.69, 9.17) is 0 Å². The van der Waals surface area contributed by atoms with E-state index in [2.05, 4.69) is 15.9 Å². The summed E-state index contributed by atoms with van der Waals surface area (Å²) in [7, 11) is 0. The van der Waals surface area contributed by atoms with Gasteiger partial charge in [-0.15, -0.1) is 0 Å². The summed E-state index contributed by atoms with van der Waals surface area (Å²) in [6.45, 7) is 0.375. The summed E-state index contributed by atoms with van der Waals surface area (Å²) in [5.74, 6) is -0.769. The number of halogens is 2. The molecule has 3 aromatic rings. The molecule has 1 heterocycles. The lowest BCUT2D eigenvalue weighted by Crippen LogP contribution is -2.29. The van der Waals surface area contributed by atoms with Crippen molar-refractivity contribution in [3.8, 4) is 0 Å². The molecule has 1 aliphatic rings. The first-order chi connectivity index (χ1) is 12.6. The van der Waals surface area contributed by atoms with Gasteiger partial charge in [-0.2, -0.15) is 0 Å². The standard InChI is InChI=1S/C22H17BrFNO/c23-19-11-5-4-9-16(19)13-18-17-10-6-12-20(24)21(17)25(22(18)26)14-15-7-2-1-3-8-15/h1-12,18H,13-14H2. The van der Waals surface area contributed by atoms with Crippen LogP contribution in [0.5, 0.6) is 0 Å². The summed E-state index contributed by atoms with van der Waals surface area (Å²) in [6, 6.07) is 22.5. The van der Waals surface area contributed by atoms with Gasteiger partial charge >= 0.3 is 0 Å². The van der Waals surface area contributed by atoms with Crippen molar-refractivity contribution in [3.05, 3.63) is 99.8 Å². The molecule has 0 N–H and O–H groups in total. The Balaban J connectivity index is 1.72. The van der Waals surface area contributed by atoms with Crippen LogP contribution >= 0.6 is 15.9 Å². The molecular formula is C22H17BrFNO. The van der Waals surface area contributed by atoms with Gasteiger partial charge in [-0.05, 0) is 35.2 Å². The van der Waals surface area contributed by atoms with Crippen molar-refractivity contribution in [3.63, 3.8) is 0 Å². The minimum atomic E-state index is -0.372. The summed E-state index contributed by atoms with van der Waals surface area (Å²) in [5.41, 5.74) is 3.21. The number of carbonyl (C=O) groups is 1. The largest absolute Gasteiger partial charge is 0.304 e. The van der Waals surface area contributed by atoms with E-state index in [1.165, 1.54) is 6.07 Å². The number of nitrogens with zero attached hydrogens (tertiary/aromatic N) is 1. The van der Waals surface area contributed by atoms with E-state index in [1.54, 1.807) is 11.0 Å². The zero-order valence-corrected chi connectivity index (χ0v) is 15.6. The van der Waals surface area contributed by atoms with E-state index < -0.39 is 0 Å². The van der Waals surface area contributed by atoms with Gasteiger partial charge in [0.15, 0.2) is 0 Å². The van der Waals surface area contributed by atoms with Gasteiger partial charge in [-0.1, -0.05) is 76.6 Å². The van der Waals surface area contributed by atoms with E-state index in [-0.39, 0.29) is 17.6 Å². The number of benzene rings is 3. The van der Waals surface area contributed by atoms with Gasteiger partial charge in [0.05, 0.1) is 18.2 Å². The molecule has 0 radical (unpaired) electrons. The summed E-state index contributed by atoms with van der Waals surface area (Å²) < 4.78 is 15.6. The predicted octanol–water partition coefficient (Wildman–Crippen LogP) is 5.46. The maximum atomic E-state index is 14.6. The molecule has 4 rings (SSSR count). The highest BCUT2D eigenvalue weighted by Gasteiger charge is 2.39. The van der Waals surface area contributed by atoms with Crippen molar-refractivity contribution >= 4 is 27.5 Å². The molecule has 4 heteroatoms. The Morgan fingerprint density at radius 2 is 1.65 bits per heavy atom. The Morgan fingerprint density at radius 1 is 0.923 bits per heavy atom. The van der Waals surface area contributed by atoms with Crippen molar-refractivity contribution in [1.82, 2.24) is 0 Å². The number of rotatable bonds is 4. The van der Waals surface area contributed by atoms with Crippen molar-refractivity contribution < 1.29 is 9.18 Å². The molecular weight excluding hydrogens is 393 g/mol. The molecule has 0 bridgehead atoms. The molecule has 130 valence electrons. The Bertz CT molecular complexity index is 957. The Kier molecular flexibility index (Phi) is 4.60. The second kappa shape index (κ2) is 7.04. The molecule has 2 nitrogen and oxygen atoms in total. The van der Waals surface area contributed by atoms with E-state index >= 15 is 0 Å². The number of carbonyl (C=O) groups excluding carboxylic acids is 1. The van der Waals surface area contributed by atoms with Crippen LogP contribution in [0.2, 0.25) is 0 Å². The van der Waals surface area contributed by atoms with Crippen LogP contribution in [-0.2, 0) is 17.8 Å². The first-order valence-electron chi connectivity index (χ1n) is 8.52. The van der Waals surface area contributed by atoms with Gasteiger partial charge in [0, 0.05) is 4.47 Å². The van der Waals surface area contributed by atoms with Crippen LogP contribution in [0.1, 0.15) is 22.6 Å². The molecule has 1 amide bonds. The van der Waals surface area contributed by atoms with Crippen LogP contribution < -0.4 is 4.90 Å². The molecule has 0 saturated heterocycles. The lowest BCUT2D eigenvalue weighted by Gasteiger charge is -2.19. The molecule has 1 unspecified atom stereocenters. The zero-order chi connectivity index (χ0) is 18.1. The van der Waals surface area contributed by atoms with E-state index in [0.717, 1.165) is 21.2 Å². The van der Waals surface area contributed by atoms with E-state index in [9.17, 15) is 9.18 Å². The number of para-hydroxylation sites is 1. The number of anilines is 1. The van der Waals surface area contributed by atoms with Crippen LogP contribution in [0.4, 0.5) is 10.1 Å². The van der Waals surface area contributed by atoms with Crippen LogP contribution in [-0.4, -0.2) is 5.91 Å². The average molecular weight is 410 g/mol. The quantitative estimate of drug-likeness (QED) is 0.559. The summed E-state index contributed by atoms with van der Waals surface area (Å²) in [4.78, 5) is 14.8. The fourth-order valence-corrected chi connectivity index (χ4v) is 3.98. The molecule has 0 spiro atoms. The minimum Gasteiger partial charge on any atom is -0.304 e. The highest BCUT2D eigenvalue weighted by atomic mass is 79.9. The van der Waals surface area contributed by atoms with Crippen LogP contribution in [0.15, 0.2) is 77.3 Å². The minimum absolute atomic E-state index is 0.0512. The van der Waals surface area contributed by atoms with Crippen molar-refractivity contribution in [2.45, 2.75) is 18.9 Å². The number of amides is 1. The Morgan fingerprint density at radius 3 is 2.42 bits per heavy atom. The first kappa shape index (κ1) is 17.0. The average Bonchev–Trinajstić information content (AvgIpc) is 2.91. The smallest absolute Gasteiger partial charge is 0.235 e. The number of fused-ring (bicyclic) bond motifs is 1. The highest BCUT2D eigenvalue weighted by molar-refractivity contribution is 9.10. The lowest BCUT2D eigenvalue weighted by atomic mass is 9.93. The van der Waals surface area contributed by atoms with E-state index in [1.807, 2.05) is 60.7 Å². The third-order valence-corrected chi connectivity index (χ3v) is 5.57. The van der Waals surface area contributed by atoms with Crippen LogP contribution in [0.3, 0.4) is 0 Å². The first-order valence-corrected chi connectivity index (χ1v) is 9.31. The molecule has 3 aromatic carbocycles. The maximum Gasteiger partial charge on any atom is 0.235 e. The molecule has 0 aromatic heterocycles. The highest BCUT2D eigenvalue weighted by Crippen LogP contribution is 2.42. The number of hydrogen-bond donors (Lipinski definition) is 0. The molecule has 0 saturated carbocycles. The normalized spacial score (nSPS) is 16.0. The van der Waals surface area contributed by atoms with Gasteiger partial charge in [-0.3, -0.25) is 4.79 Å². The Labute approximate surface area is 160 Å². The zero-order valence-electron chi connectivity index (χ0n) is 14.0. The second-order valence-electron chi connectivity index (χ2n) is 6.44. The summed E-state index contributed by atoms with van der Waals surface area (Å²) in [6.07, 6.45) is 0.544. The van der Waals surface area contributed by atoms with Crippen LogP contribution in [0, 0.1) is 5.82 Å². The van der Waals surface area contributed by atoms with Gasteiger partial charge in [0.1, 0.15) is 5.82 Å². The fourth-order valence-electron chi connectivity index (χ4n) is 3.53. The summed E-state index contributed by atoms with van der Waals surface area (Å²) in [5, 5.41) is 0. The van der Waals surface area contributed by atoms with Crippen molar-refractivity contribution in [2.75, 3.05) is 4.90 Å². The van der Waals surface area contributed by atoms with E-state index in [0.29, 0.717) is 18.7 Å².